The molecule has 0 aliphatic carbocycles. The van der Waals surface area contributed by atoms with Crippen LogP contribution in [0.25, 0.3) is 0 Å². The van der Waals surface area contributed by atoms with Gasteiger partial charge in [-0.1, -0.05) is 58.4 Å². The van der Waals surface area contributed by atoms with E-state index in [9.17, 15) is 9.90 Å². The summed E-state index contributed by atoms with van der Waals surface area (Å²) in [5, 5.41) is 10.0. The van der Waals surface area contributed by atoms with Crippen molar-refractivity contribution in [2.24, 2.45) is 0 Å². The molecule has 20 heavy (non-hydrogen) atoms. The molecule has 4 heteroatoms. The molecule has 2 aromatic rings. The number of hydrogen-bond donors (Lipinski definition) is 1. The number of carboxylic acid groups (broad SMARTS) is 1. The Morgan fingerprint density at radius 3 is 2.25 bits per heavy atom. The van der Waals surface area contributed by atoms with E-state index in [0.29, 0.717) is 12.2 Å². The maximum absolute atomic E-state index is 11.3. The molecule has 1 N–H and O–H groups in total. The molecule has 0 saturated heterocycles. The minimum Gasteiger partial charge on any atom is -0.478 e. The minimum absolute atomic E-state index is 0.344. The molecule has 2 aromatic carbocycles. The van der Waals surface area contributed by atoms with Crippen LogP contribution in [0.2, 0.25) is 0 Å². The third kappa shape index (κ3) is 4.10. The number of hydrogen-bond acceptors (Lipinski definition) is 2. The van der Waals surface area contributed by atoms with Crippen LogP contribution in [0.5, 0.6) is 5.75 Å². The van der Waals surface area contributed by atoms with E-state index in [1.165, 1.54) is 0 Å². The van der Waals surface area contributed by atoms with Crippen molar-refractivity contribution in [2.75, 3.05) is 0 Å². The van der Waals surface area contributed by atoms with Crippen molar-refractivity contribution in [1.29, 1.82) is 0 Å². The van der Waals surface area contributed by atoms with Crippen LogP contribution in [0.4, 0.5) is 0 Å². The van der Waals surface area contributed by atoms with E-state index in [0.717, 1.165) is 16.5 Å². The van der Waals surface area contributed by atoms with Gasteiger partial charge in [-0.15, -0.1) is 0 Å². The molecule has 104 valence electrons. The molecule has 0 heterocycles. The Morgan fingerprint density at radius 2 is 1.70 bits per heavy atom. The van der Waals surface area contributed by atoms with Crippen LogP contribution in [0, 0.1) is 0 Å². The van der Waals surface area contributed by atoms with Crippen molar-refractivity contribution in [1.82, 2.24) is 0 Å². The van der Waals surface area contributed by atoms with Crippen molar-refractivity contribution in [3.05, 3.63) is 65.7 Å². The number of halogens is 1. The highest BCUT2D eigenvalue weighted by Crippen LogP contribution is 2.17. The lowest BCUT2D eigenvalue weighted by Crippen LogP contribution is -2.29. The largest absolute Gasteiger partial charge is 0.478 e. The molecular weight excluding hydrogens is 320 g/mol. The number of carboxylic acids is 1. The summed E-state index contributed by atoms with van der Waals surface area (Å²) in [5.74, 6) is -0.392. The zero-order valence-electron chi connectivity index (χ0n) is 10.8. The van der Waals surface area contributed by atoms with E-state index >= 15 is 0 Å². The molecule has 0 saturated carbocycles. The van der Waals surface area contributed by atoms with Gasteiger partial charge in [0.2, 0.25) is 0 Å². The first-order valence-electron chi connectivity index (χ1n) is 6.27. The number of rotatable bonds is 6. The van der Waals surface area contributed by atoms with Gasteiger partial charge in [-0.3, -0.25) is 0 Å². The second-order valence-electron chi connectivity index (χ2n) is 4.41. The topological polar surface area (TPSA) is 46.5 Å². The van der Waals surface area contributed by atoms with Gasteiger partial charge in [-0.25, -0.2) is 4.79 Å². The molecule has 1 unspecified atom stereocenters. The zero-order valence-corrected chi connectivity index (χ0v) is 12.4. The Labute approximate surface area is 126 Å². The van der Waals surface area contributed by atoms with Crippen LogP contribution in [0.3, 0.4) is 0 Å². The van der Waals surface area contributed by atoms with Crippen LogP contribution >= 0.6 is 15.9 Å². The first-order chi connectivity index (χ1) is 9.69. The lowest BCUT2D eigenvalue weighted by molar-refractivity contribution is -0.145. The summed E-state index contributed by atoms with van der Waals surface area (Å²) in [6.45, 7) is 0. The molecule has 0 aromatic heterocycles. The Morgan fingerprint density at radius 1 is 1.05 bits per heavy atom. The van der Waals surface area contributed by atoms with Crippen LogP contribution in [0.15, 0.2) is 54.6 Å². The van der Waals surface area contributed by atoms with Gasteiger partial charge in [0.1, 0.15) is 5.75 Å². The van der Waals surface area contributed by atoms with Crippen molar-refractivity contribution < 1.29 is 14.6 Å². The van der Waals surface area contributed by atoms with Crippen molar-refractivity contribution in [3.63, 3.8) is 0 Å². The van der Waals surface area contributed by atoms with E-state index in [2.05, 4.69) is 15.9 Å². The van der Waals surface area contributed by atoms with Crippen LogP contribution in [-0.4, -0.2) is 17.2 Å². The maximum Gasteiger partial charge on any atom is 0.345 e. The van der Waals surface area contributed by atoms with Gasteiger partial charge >= 0.3 is 5.97 Å². The van der Waals surface area contributed by atoms with E-state index in [1.54, 1.807) is 12.1 Å². The fourth-order valence-electron chi connectivity index (χ4n) is 1.83. The SMILES string of the molecule is O=C(O)C(Cc1ccccc1)Oc1ccc(CBr)cc1. The summed E-state index contributed by atoms with van der Waals surface area (Å²) < 4.78 is 5.56. The van der Waals surface area contributed by atoms with Crippen LogP contribution in [0.1, 0.15) is 11.1 Å². The Kier molecular flexibility index (Phi) is 5.18. The smallest absolute Gasteiger partial charge is 0.345 e. The Bertz CT molecular complexity index is 552. The molecular formula is C16H15BrO3. The number of benzene rings is 2. The first-order valence-corrected chi connectivity index (χ1v) is 7.39. The third-order valence-corrected chi connectivity index (χ3v) is 3.54. The summed E-state index contributed by atoms with van der Waals surface area (Å²) in [6, 6.07) is 16.9. The van der Waals surface area contributed by atoms with Crippen LogP contribution in [-0.2, 0) is 16.5 Å². The molecule has 0 fully saturated rings. The summed E-state index contributed by atoms with van der Waals surface area (Å²) in [6.07, 6.45) is -0.539. The minimum atomic E-state index is -0.960. The highest BCUT2D eigenvalue weighted by atomic mass is 79.9. The van der Waals surface area contributed by atoms with Crippen molar-refractivity contribution >= 4 is 21.9 Å². The van der Waals surface area contributed by atoms with Gasteiger partial charge in [0.05, 0.1) is 0 Å². The lowest BCUT2D eigenvalue weighted by atomic mass is 10.1. The average molecular weight is 335 g/mol. The Hall–Kier alpha value is -1.81. The molecule has 3 nitrogen and oxygen atoms in total. The second kappa shape index (κ2) is 7.10. The number of carbonyl (C=O) groups is 1. The summed E-state index contributed by atoms with van der Waals surface area (Å²) in [4.78, 5) is 11.3. The van der Waals surface area contributed by atoms with Gasteiger partial charge in [0.15, 0.2) is 6.10 Å². The predicted octanol–water partition coefficient (Wildman–Crippen LogP) is 3.66. The van der Waals surface area contributed by atoms with Gasteiger partial charge in [0.25, 0.3) is 0 Å². The van der Waals surface area contributed by atoms with E-state index < -0.39 is 12.1 Å². The number of alkyl halides is 1. The molecule has 0 amide bonds. The average Bonchev–Trinajstić information content (AvgIpc) is 2.48. The summed E-state index contributed by atoms with van der Waals surface area (Å²) in [5.41, 5.74) is 2.06. The van der Waals surface area contributed by atoms with E-state index in [-0.39, 0.29) is 0 Å². The molecule has 2 rings (SSSR count). The molecule has 0 aliphatic rings. The van der Waals surface area contributed by atoms with Crippen LogP contribution < -0.4 is 4.74 Å². The van der Waals surface area contributed by atoms with Gasteiger partial charge in [-0.2, -0.15) is 0 Å². The van der Waals surface area contributed by atoms with E-state index in [1.807, 2.05) is 42.5 Å². The number of aliphatic carboxylic acids is 1. The molecule has 0 radical (unpaired) electrons. The molecule has 0 aliphatic heterocycles. The normalized spacial score (nSPS) is 11.8. The zero-order chi connectivity index (χ0) is 14.4. The second-order valence-corrected chi connectivity index (χ2v) is 4.97. The number of ether oxygens (including phenoxy) is 1. The van der Waals surface area contributed by atoms with Crippen molar-refractivity contribution in [2.45, 2.75) is 17.9 Å². The summed E-state index contributed by atoms with van der Waals surface area (Å²) >= 11 is 3.37. The quantitative estimate of drug-likeness (QED) is 0.820. The predicted molar refractivity (Wildman–Crippen MR) is 81.3 cm³/mol. The fourth-order valence-corrected chi connectivity index (χ4v) is 2.20. The molecule has 0 spiro atoms. The standard InChI is InChI=1S/C16H15BrO3/c17-11-13-6-8-14(9-7-13)20-15(16(18)19)10-12-4-2-1-3-5-12/h1-9,15H,10-11H2,(H,18,19). The fraction of sp³-hybridized carbons (Fsp3) is 0.188. The highest BCUT2D eigenvalue weighted by molar-refractivity contribution is 9.08. The lowest BCUT2D eigenvalue weighted by Gasteiger charge is -2.15. The monoisotopic (exact) mass is 334 g/mol. The van der Waals surface area contributed by atoms with Gasteiger partial charge in [0, 0.05) is 11.8 Å². The van der Waals surface area contributed by atoms with Crippen molar-refractivity contribution in [3.8, 4) is 5.75 Å². The highest BCUT2D eigenvalue weighted by Gasteiger charge is 2.19. The summed E-state index contributed by atoms with van der Waals surface area (Å²) in [7, 11) is 0. The van der Waals surface area contributed by atoms with Gasteiger partial charge < -0.3 is 9.84 Å². The first kappa shape index (κ1) is 14.6. The molecule has 1 atom stereocenters. The maximum atomic E-state index is 11.3. The van der Waals surface area contributed by atoms with E-state index in [4.69, 9.17) is 4.74 Å². The third-order valence-electron chi connectivity index (χ3n) is 2.90. The Balaban J connectivity index is 2.07. The van der Waals surface area contributed by atoms with Gasteiger partial charge in [-0.05, 0) is 23.3 Å². The molecule has 0 bridgehead atoms.